The molecule has 3 aromatic carbocycles. The van der Waals surface area contributed by atoms with Gasteiger partial charge in [-0.05, 0) is 49.4 Å². The fourth-order valence-electron chi connectivity index (χ4n) is 4.19. The van der Waals surface area contributed by atoms with E-state index < -0.39 is 0 Å². The Hall–Kier alpha value is -3.90. The molecular weight excluding hydrogens is 426 g/mol. The number of carbonyl (C=O) groups excluding carboxylic acids is 1. The van der Waals surface area contributed by atoms with Gasteiger partial charge in [-0.2, -0.15) is 0 Å². The van der Waals surface area contributed by atoms with Crippen LogP contribution in [0.3, 0.4) is 0 Å². The number of hydrogen-bond acceptors (Lipinski definition) is 5. The molecular formula is C28H27N3O3. The van der Waals surface area contributed by atoms with E-state index in [9.17, 15) is 4.79 Å². The zero-order valence-corrected chi connectivity index (χ0v) is 19.4. The topological polar surface area (TPSA) is 63.7 Å². The molecule has 2 heterocycles. The number of nitrogens with one attached hydrogen (secondary N) is 1. The van der Waals surface area contributed by atoms with Gasteiger partial charge in [0.15, 0.2) is 0 Å². The number of anilines is 2. The van der Waals surface area contributed by atoms with Crippen molar-refractivity contribution < 1.29 is 14.3 Å². The highest BCUT2D eigenvalue weighted by molar-refractivity contribution is 6.06. The zero-order chi connectivity index (χ0) is 23.5. The van der Waals surface area contributed by atoms with Crippen molar-refractivity contribution >= 4 is 28.2 Å². The summed E-state index contributed by atoms with van der Waals surface area (Å²) in [5.74, 6) is 0.462. The molecule has 1 amide bonds. The third kappa shape index (κ3) is 4.58. The zero-order valence-electron chi connectivity index (χ0n) is 19.4. The molecule has 0 atom stereocenters. The van der Waals surface area contributed by atoms with E-state index in [0.29, 0.717) is 24.5 Å². The predicted octanol–water partition coefficient (Wildman–Crippen LogP) is 5.31. The summed E-state index contributed by atoms with van der Waals surface area (Å²) in [4.78, 5) is 20.1. The van der Waals surface area contributed by atoms with Crippen LogP contribution in [0.2, 0.25) is 0 Å². The Morgan fingerprint density at radius 2 is 1.79 bits per heavy atom. The minimum atomic E-state index is -0.185. The van der Waals surface area contributed by atoms with Gasteiger partial charge in [0.1, 0.15) is 5.75 Å². The van der Waals surface area contributed by atoms with E-state index in [1.807, 2.05) is 24.3 Å². The van der Waals surface area contributed by atoms with E-state index in [-0.39, 0.29) is 5.91 Å². The number of methoxy groups -OCH3 is 1. The van der Waals surface area contributed by atoms with Gasteiger partial charge in [-0.1, -0.05) is 35.9 Å². The van der Waals surface area contributed by atoms with Crippen molar-refractivity contribution in [2.45, 2.75) is 6.92 Å². The van der Waals surface area contributed by atoms with Crippen LogP contribution in [-0.4, -0.2) is 44.3 Å². The average Bonchev–Trinajstić information content (AvgIpc) is 2.89. The Labute approximate surface area is 199 Å². The molecule has 0 bridgehead atoms. The summed E-state index contributed by atoms with van der Waals surface area (Å²) < 4.78 is 10.8. The molecule has 0 aliphatic carbocycles. The summed E-state index contributed by atoms with van der Waals surface area (Å²) in [5.41, 5.74) is 6.48. The molecule has 1 aliphatic heterocycles. The number of fused-ring (bicyclic) bond motifs is 1. The fourth-order valence-corrected chi connectivity index (χ4v) is 4.19. The highest BCUT2D eigenvalue weighted by atomic mass is 16.5. The van der Waals surface area contributed by atoms with Crippen LogP contribution >= 0.6 is 0 Å². The van der Waals surface area contributed by atoms with Crippen LogP contribution < -0.4 is 15.0 Å². The maximum atomic E-state index is 12.9. The lowest BCUT2D eigenvalue weighted by atomic mass is 10.0. The van der Waals surface area contributed by atoms with Gasteiger partial charge in [0, 0.05) is 41.0 Å². The molecule has 0 unspecified atom stereocenters. The molecule has 172 valence electrons. The molecule has 0 radical (unpaired) electrons. The van der Waals surface area contributed by atoms with Gasteiger partial charge in [0.2, 0.25) is 0 Å². The summed E-state index contributed by atoms with van der Waals surface area (Å²) in [6.07, 6.45) is 0. The highest BCUT2D eigenvalue weighted by Crippen LogP contribution is 2.33. The first kappa shape index (κ1) is 21.9. The molecule has 1 N–H and O–H groups in total. The van der Waals surface area contributed by atoms with Crippen LogP contribution in [-0.2, 0) is 4.74 Å². The molecule has 1 aliphatic rings. The Bertz CT molecular complexity index is 1330. The van der Waals surface area contributed by atoms with Gasteiger partial charge < -0.3 is 19.7 Å². The van der Waals surface area contributed by atoms with Crippen molar-refractivity contribution in [3.8, 4) is 17.0 Å². The van der Waals surface area contributed by atoms with E-state index in [1.54, 1.807) is 25.3 Å². The fraction of sp³-hybridized carbons (Fsp3) is 0.214. The predicted molar refractivity (Wildman–Crippen MR) is 136 cm³/mol. The third-order valence-corrected chi connectivity index (χ3v) is 6.08. The maximum absolute atomic E-state index is 12.9. The molecule has 34 heavy (non-hydrogen) atoms. The first-order valence-corrected chi connectivity index (χ1v) is 11.4. The summed E-state index contributed by atoms with van der Waals surface area (Å²) >= 11 is 0. The van der Waals surface area contributed by atoms with Crippen molar-refractivity contribution in [1.82, 2.24) is 4.98 Å². The Balaban J connectivity index is 1.54. The molecule has 1 aromatic heterocycles. The molecule has 6 nitrogen and oxygen atoms in total. The van der Waals surface area contributed by atoms with Crippen LogP contribution in [0.1, 0.15) is 15.9 Å². The number of aromatic nitrogens is 1. The number of benzene rings is 3. The molecule has 0 spiro atoms. The number of pyridine rings is 1. The smallest absolute Gasteiger partial charge is 0.255 e. The van der Waals surface area contributed by atoms with Crippen molar-refractivity contribution in [3.05, 3.63) is 83.9 Å². The van der Waals surface area contributed by atoms with Crippen LogP contribution in [0, 0.1) is 6.92 Å². The largest absolute Gasteiger partial charge is 0.497 e. The number of rotatable bonds is 5. The second-order valence-corrected chi connectivity index (χ2v) is 8.41. The lowest BCUT2D eigenvalue weighted by Gasteiger charge is -2.30. The van der Waals surface area contributed by atoms with E-state index >= 15 is 0 Å². The monoisotopic (exact) mass is 453 g/mol. The summed E-state index contributed by atoms with van der Waals surface area (Å²) in [6.45, 7) is 5.09. The molecule has 1 saturated heterocycles. The van der Waals surface area contributed by atoms with Gasteiger partial charge in [-0.15, -0.1) is 0 Å². The van der Waals surface area contributed by atoms with Crippen molar-refractivity contribution in [3.63, 3.8) is 0 Å². The summed E-state index contributed by atoms with van der Waals surface area (Å²) in [7, 11) is 1.59. The Morgan fingerprint density at radius 1 is 1.00 bits per heavy atom. The number of ether oxygens (including phenoxy) is 2. The van der Waals surface area contributed by atoms with Gasteiger partial charge in [-0.25, -0.2) is 4.98 Å². The average molecular weight is 454 g/mol. The number of nitrogens with zero attached hydrogens (tertiary/aromatic N) is 2. The molecule has 6 heteroatoms. The summed E-state index contributed by atoms with van der Waals surface area (Å²) in [6, 6.07) is 23.6. The highest BCUT2D eigenvalue weighted by Gasteiger charge is 2.17. The Morgan fingerprint density at radius 3 is 2.56 bits per heavy atom. The maximum Gasteiger partial charge on any atom is 0.255 e. The van der Waals surface area contributed by atoms with E-state index in [4.69, 9.17) is 14.5 Å². The van der Waals surface area contributed by atoms with E-state index in [1.165, 1.54) is 5.56 Å². The quantitative estimate of drug-likeness (QED) is 0.444. The van der Waals surface area contributed by atoms with Crippen LogP contribution in [0.4, 0.5) is 11.4 Å². The standard InChI is InChI=1S/C28H27N3O3/c1-19-6-8-20(9-7-19)26-18-27(31-12-14-34-15-13-31)24-17-22(10-11-25(24)30-26)29-28(32)21-4-3-5-23(16-21)33-2/h3-11,16-18H,12-15H2,1-2H3,(H,29,32). The lowest BCUT2D eigenvalue weighted by molar-refractivity contribution is 0.102. The van der Waals surface area contributed by atoms with Crippen molar-refractivity contribution in [2.24, 2.45) is 0 Å². The molecule has 0 saturated carbocycles. The molecule has 5 rings (SSSR count). The minimum Gasteiger partial charge on any atom is -0.497 e. The normalized spacial score (nSPS) is 13.6. The van der Waals surface area contributed by atoms with Gasteiger partial charge in [-0.3, -0.25) is 4.79 Å². The van der Waals surface area contributed by atoms with Gasteiger partial charge in [0.05, 0.1) is 31.5 Å². The second-order valence-electron chi connectivity index (χ2n) is 8.41. The van der Waals surface area contributed by atoms with Gasteiger partial charge in [0.25, 0.3) is 5.91 Å². The number of amides is 1. The van der Waals surface area contributed by atoms with Crippen LogP contribution in [0.25, 0.3) is 22.2 Å². The summed E-state index contributed by atoms with van der Waals surface area (Å²) in [5, 5.41) is 4.02. The third-order valence-electron chi connectivity index (χ3n) is 6.08. The Kier molecular flexibility index (Phi) is 6.14. The second kappa shape index (κ2) is 9.53. The SMILES string of the molecule is COc1cccc(C(=O)Nc2ccc3nc(-c4ccc(C)cc4)cc(N4CCOCC4)c3c2)c1. The van der Waals surface area contributed by atoms with Crippen LogP contribution in [0.15, 0.2) is 72.8 Å². The number of carbonyl (C=O) groups is 1. The van der Waals surface area contributed by atoms with E-state index in [0.717, 1.165) is 46.6 Å². The molecule has 1 fully saturated rings. The van der Waals surface area contributed by atoms with E-state index in [2.05, 4.69) is 47.5 Å². The molecule has 4 aromatic rings. The minimum absolute atomic E-state index is 0.185. The van der Waals surface area contributed by atoms with Crippen molar-refractivity contribution in [1.29, 1.82) is 0 Å². The van der Waals surface area contributed by atoms with Crippen LogP contribution in [0.5, 0.6) is 5.75 Å². The number of morpholine rings is 1. The number of aryl methyl sites for hydroxylation is 1. The first-order valence-electron chi connectivity index (χ1n) is 11.4. The lowest BCUT2D eigenvalue weighted by Crippen LogP contribution is -2.36. The van der Waals surface area contributed by atoms with Crippen molar-refractivity contribution in [2.75, 3.05) is 43.6 Å². The van der Waals surface area contributed by atoms with Gasteiger partial charge >= 0.3 is 0 Å². The first-order chi connectivity index (χ1) is 16.6. The number of hydrogen-bond donors (Lipinski definition) is 1.